The van der Waals surface area contributed by atoms with E-state index in [1.165, 1.54) is 21.2 Å². The Morgan fingerprint density at radius 1 is 0.455 bits per heavy atom. The number of benzene rings is 4. The zero-order chi connectivity index (χ0) is 23.5. The zero-order valence-electron chi connectivity index (χ0n) is 18.1. The van der Waals surface area contributed by atoms with Crippen molar-refractivity contribution in [2.24, 2.45) is 0 Å². The van der Waals surface area contributed by atoms with Crippen LogP contribution in [0.4, 0.5) is 0 Å². The van der Waals surface area contributed by atoms with Crippen molar-refractivity contribution in [1.82, 2.24) is 0 Å². The van der Waals surface area contributed by atoms with Gasteiger partial charge in [-0.15, -0.1) is 0 Å². The Morgan fingerprint density at radius 3 is 0.848 bits per heavy atom. The molecule has 0 fully saturated rings. The summed E-state index contributed by atoms with van der Waals surface area (Å²) in [6.45, 7) is 0. The molecule has 0 heterocycles. The van der Waals surface area contributed by atoms with E-state index in [1.807, 2.05) is 0 Å². The molecule has 0 aliphatic rings. The van der Waals surface area contributed by atoms with Crippen LogP contribution < -0.4 is 21.2 Å². The molecule has 166 valence electrons. The van der Waals surface area contributed by atoms with Crippen LogP contribution in [0.15, 0.2) is 121 Å². The Hall–Kier alpha value is -3.75. The van der Waals surface area contributed by atoms with E-state index in [0.717, 1.165) is 0 Å². The molecule has 2 N–H and O–H groups in total. The average molecular weight is 457 g/mol. The van der Waals surface area contributed by atoms with Crippen LogP contribution >= 0.6 is 7.26 Å². The fourth-order valence-corrected chi connectivity index (χ4v) is 7.98. The monoisotopic (exact) mass is 457 g/mol. The SMILES string of the molecule is O=C(O)CCC(=O)O.c1ccc([P+](c2ccccc2)(c2ccccc2)c2ccccc2)cc1. The summed E-state index contributed by atoms with van der Waals surface area (Å²) < 4.78 is 0. The van der Waals surface area contributed by atoms with Crippen molar-refractivity contribution in [3.05, 3.63) is 121 Å². The molecular weight excluding hydrogens is 431 g/mol. The quantitative estimate of drug-likeness (QED) is 0.407. The molecule has 0 aromatic heterocycles. The van der Waals surface area contributed by atoms with Crippen molar-refractivity contribution in [2.45, 2.75) is 12.8 Å². The van der Waals surface area contributed by atoms with Crippen LogP contribution in [-0.2, 0) is 9.59 Å². The van der Waals surface area contributed by atoms with Gasteiger partial charge >= 0.3 is 11.9 Å². The second-order valence-corrected chi connectivity index (χ2v) is 10.7. The maximum absolute atomic E-state index is 9.64. The molecule has 4 rings (SSSR count). The smallest absolute Gasteiger partial charge is 0.303 e. The molecule has 33 heavy (non-hydrogen) atoms. The first-order valence-corrected chi connectivity index (χ1v) is 12.4. The van der Waals surface area contributed by atoms with Gasteiger partial charge in [-0.2, -0.15) is 0 Å². The van der Waals surface area contributed by atoms with Crippen LogP contribution in [0.1, 0.15) is 12.8 Å². The lowest BCUT2D eigenvalue weighted by atomic mass is 10.3. The van der Waals surface area contributed by atoms with Crippen LogP contribution in [0.25, 0.3) is 0 Å². The highest BCUT2D eigenvalue weighted by Gasteiger charge is 2.47. The number of carboxylic acids is 2. The van der Waals surface area contributed by atoms with Gasteiger partial charge in [0, 0.05) is 0 Å². The van der Waals surface area contributed by atoms with E-state index in [1.54, 1.807) is 0 Å². The van der Waals surface area contributed by atoms with E-state index in [0.29, 0.717) is 0 Å². The first-order valence-electron chi connectivity index (χ1n) is 10.6. The number of hydrogen-bond acceptors (Lipinski definition) is 2. The molecule has 0 spiro atoms. The first kappa shape index (κ1) is 23.9. The normalized spacial score (nSPS) is 10.5. The predicted octanol–water partition coefficient (Wildman–Crippen LogP) is 4.24. The highest BCUT2D eigenvalue weighted by atomic mass is 31.2. The summed E-state index contributed by atoms with van der Waals surface area (Å²) in [6, 6.07) is 43.8. The third-order valence-corrected chi connectivity index (χ3v) is 9.42. The molecule has 4 aromatic carbocycles. The third-order valence-electron chi connectivity index (χ3n) is 5.13. The predicted molar refractivity (Wildman–Crippen MR) is 136 cm³/mol. The van der Waals surface area contributed by atoms with Crippen molar-refractivity contribution in [3.8, 4) is 0 Å². The summed E-state index contributed by atoms with van der Waals surface area (Å²) in [4.78, 5) is 19.3. The van der Waals surface area contributed by atoms with E-state index in [4.69, 9.17) is 10.2 Å². The first-order chi connectivity index (χ1) is 16.0. The van der Waals surface area contributed by atoms with Gasteiger partial charge in [-0.25, -0.2) is 0 Å². The summed E-state index contributed by atoms with van der Waals surface area (Å²) in [6.07, 6.45) is -0.593. The van der Waals surface area contributed by atoms with Crippen LogP contribution in [0.5, 0.6) is 0 Å². The van der Waals surface area contributed by atoms with Gasteiger partial charge in [0.15, 0.2) is 0 Å². The van der Waals surface area contributed by atoms with Crippen molar-refractivity contribution in [3.63, 3.8) is 0 Å². The molecule has 5 heteroatoms. The van der Waals surface area contributed by atoms with Crippen molar-refractivity contribution < 1.29 is 19.8 Å². The standard InChI is InChI=1S/C24H20P.C4H6O4/c1-5-13-21(14-6-1)25(22-15-7-2-8-16-22,23-17-9-3-10-18-23)24-19-11-4-12-20-24;5-3(6)1-2-4(7)8/h1-20H;1-2H2,(H,5,6)(H,7,8)/q+1;. The zero-order valence-corrected chi connectivity index (χ0v) is 19.0. The van der Waals surface area contributed by atoms with Gasteiger partial charge in [0.1, 0.15) is 28.5 Å². The third kappa shape index (κ3) is 5.94. The number of aliphatic carboxylic acids is 2. The van der Waals surface area contributed by atoms with Gasteiger partial charge in [0.05, 0.1) is 12.8 Å². The molecule has 0 atom stereocenters. The van der Waals surface area contributed by atoms with Gasteiger partial charge in [0.2, 0.25) is 0 Å². The van der Waals surface area contributed by atoms with E-state index in [2.05, 4.69) is 121 Å². The largest absolute Gasteiger partial charge is 0.481 e. The molecule has 0 unspecified atom stereocenters. The lowest BCUT2D eigenvalue weighted by Crippen LogP contribution is -2.38. The van der Waals surface area contributed by atoms with Crippen molar-refractivity contribution in [2.75, 3.05) is 0 Å². The minimum atomic E-state index is -1.91. The van der Waals surface area contributed by atoms with Gasteiger partial charge in [0.25, 0.3) is 0 Å². The fraction of sp³-hybridized carbons (Fsp3) is 0.0714. The molecule has 4 nitrogen and oxygen atoms in total. The second kappa shape index (κ2) is 11.8. The summed E-state index contributed by atoms with van der Waals surface area (Å²) in [5.74, 6) is -2.15. The maximum atomic E-state index is 9.64. The van der Waals surface area contributed by atoms with Crippen LogP contribution in [0.3, 0.4) is 0 Å². The molecule has 0 amide bonds. The van der Waals surface area contributed by atoms with Crippen molar-refractivity contribution >= 4 is 40.4 Å². The summed E-state index contributed by atoms with van der Waals surface area (Å²) in [7, 11) is -1.91. The van der Waals surface area contributed by atoms with E-state index in [9.17, 15) is 9.59 Å². The topological polar surface area (TPSA) is 74.6 Å². The Morgan fingerprint density at radius 2 is 0.667 bits per heavy atom. The van der Waals surface area contributed by atoms with E-state index in [-0.39, 0.29) is 12.8 Å². The minimum absolute atomic E-state index is 0.296. The van der Waals surface area contributed by atoms with Crippen LogP contribution in [-0.4, -0.2) is 22.2 Å². The number of rotatable bonds is 7. The Labute approximate surface area is 194 Å². The average Bonchev–Trinajstić information content (AvgIpc) is 2.86. The molecular formula is C28H26O4P+. The number of carbonyl (C=O) groups is 2. The molecule has 0 aliphatic heterocycles. The summed E-state index contributed by atoms with van der Waals surface area (Å²) in [5.41, 5.74) is 0. The second-order valence-electron chi connectivity index (χ2n) is 7.30. The lowest BCUT2D eigenvalue weighted by molar-refractivity contribution is -0.143. The van der Waals surface area contributed by atoms with Crippen molar-refractivity contribution in [1.29, 1.82) is 0 Å². The highest BCUT2D eigenvalue weighted by molar-refractivity contribution is 8.01. The molecule has 4 aromatic rings. The fourth-order valence-electron chi connectivity index (χ4n) is 3.71. The van der Waals surface area contributed by atoms with Crippen LogP contribution in [0, 0.1) is 0 Å². The van der Waals surface area contributed by atoms with Gasteiger partial charge in [-0.3, -0.25) is 9.59 Å². The number of carboxylic acid groups (broad SMARTS) is 2. The Kier molecular flexibility index (Phi) is 8.51. The van der Waals surface area contributed by atoms with Crippen LogP contribution in [0.2, 0.25) is 0 Å². The van der Waals surface area contributed by atoms with E-state index < -0.39 is 19.2 Å². The van der Waals surface area contributed by atoms with E-state index >= 15 is 0 Å². The highest BCUT2D eigenvalue weighted by Crippen LogP contribution is 2.53. The summed E-state index contributed by atoms with van der Waals surface area (Å²) in [5, 5.41) is 21.3. The summed E-state index contributed by atoms with van der Waals surface area (Å²) >= 11 is 0. The molecule has 0 saturated carbocycles. The molecule has 0 radical (unpaired) electrons. The van der Waals surface area contributed by atoms with Gasteiger partial charge in [-0.1, -0.05) is 72.8 Å². The maximum Gasteiger partial charge on any atom is 0.303 e. The Bertz CT molecular complexity index is 970. The molecule has 0 bridgehead atoms. The molecule has 0 aliphatic carbocycles. The lowest BCUT2D eigenvalue weighted by Gasteiger charge is -2.27. The molecule has 0 saturated heterocycles. The minimum Gasteiger partial charge on any atom is -0.481 e. The Balaban J connectivity index is 0.000000331. The van der Waals surface area contributed by atoms with Gasteiger partial charge in [-0.05, 0) is 48.5 Å². The van der Waals surface area contributed by atoms with Gasteiger partial charge < -0.3 is 10.2 Å². The number of hydrogen-bond donors (Lipinski definition) is 2.